The van der Waals surface area contributed by atoms with Gasteiger partial charge < -0.3 is 14.2 Å². The third-order valence-corrected chi connectivity index (χ3v) is 3.35. The maximum Gasteiger partial charge on any atom is 0.134 e. The largest absolute Gasteiger partial charge is 0.497 e. The summed E-state index contributed by atoms with van der Waals surface area (Å²) in [5.41, 5.74) is 1.72. The number of benzene rings is 1. The summed E-state index contributed by atoms with van der Waals surface area (Å²) in [7, 11) is 3.27. The Bertz CT molecular complexity index is 602. The van der Waals surface area contributed by atoms with Gasteiger partial charge in [-0.15, -0.1) is 0 Å². The van der Waals surface area contributed by atoms with Crippen molar-refractivity contribution < 1.29 is 14.2 Å². The SMILES string of the molecule is COc1cc(C)nc(COc2ccc(OC)cc2Br)c1. The van der Waals surface area contributed by atoms with Crippen LogP contribution in [0.25, 0.3) is 0 Å². The molecule has 0 aliphatic carbocycles. The van der Waals surface area contributed by atoms with Crippen LogP contribution in [-0.4, -0.2) is 19.2 Å². The van der Waals surface area contributed by atoms with E-state index in [-0.39, 0.29) is 0 Å². The molecule has 0 saturated heterocycles. The summed E-state index contributed by atoms with van der Waals surface area (Å²) in [5.74, 6) is 2.30. The lowest BCUT2D eigenvalue weighted by atomic mass is 10.3. The van der Waals surface area contributed by atoms with Crippen molar-refractivity contribution in [2.45, 2.75) is 13.5 Å². The summed E-state index contributed by atoms with van der Waals surface area (Å²) < 4.78 is 17.0. The van der Waals surface area contributed by atoms with E-state index in [2.05, 4.69) is 20.9 Å². The molecule has 20 heavy (non-hydrogen) atoms. The summed E-state index contributed by atoms with van der Waals surface area (Å²) in [6, 6.07) is 9.32. The van der Waals surface area contributed by atoms with Crippen molar-refractivity contribution >= 4 is 15.9 Å². The molecule has 0 bridgehead atoms. The first-order chi connectivity index (χ1) is 9.62. The third kappa shape index (κ3) is 3.63. The molecule has 0 aliphatic heterocycles. The fourth-order valence-electron chi connectivity index (χ4n) is 1.77. The first kappa shape index (κ1) is 14.7. The van der Waals surface area contributed by atoms with E-state index in [9.17, 15) is 0 Å². The highest BCUT2D eigenvalue weighted by Gasteiger charge is 2.06. The highest BCUT2D eigenvalue weighted by molar-refractivity contribution is 9.10. The number of hydrogen-bond acceptors (Lipinski definition) is 4. The number of ether oxygens (including phenoxy) is 3. The van der Waals surface area contributed by atoms with Gasteiger partial charge in [0.15, 0.2) is 0 Å². The second-order valence-electron chi connectivity index (χ2n) is 4.22. The summed E-state index contributed by atoms with van der Waals surface area (Å²) in [5, 5.41) is 0. The van der Waals surface area contributed by atoms with E-state index in [4.69, 9.17) is 14.2 Å². The van der Waals surface area contributed by atoms with Gasteiger partial charge in [0, 0.05) is 17.8 Å². The van der Waals surface area contributed by atoms with Crippen LogP contribution in [0.5, 0.6) is 17.2 Å². The minimum absolute atomic E-state index is 0.378. The van der Waals surface area contributed by atoms with E-state index >= 15 is 0 Å². The molecule has 1 aromatic carbocycles. The fourth-order valence-corrected chi connectivity index (χ4v) is 2.24. The monoisotopic (exact) mass is 337 g/mol. The number of halogens is 1. The van der Waals surface area contributed by atoms with Gasteiger partial charge in [-0.1, -0.05) is 0 Å². The highest BCUT2D eigenvalue weighted by Crippen LogP contribution is 2.29. The number of aryl methyl sites for hydroxylation is 1. The van der Waals surface area contributed by atoms with Crippen LogP contribution in [0.4, 0.5) is 0 Å². The first-order valence-electron chi connectivity index (χ1n) is 6.10. The molecular weight excluding hydrogens is 322 g/mol. The molecule has 0 amide bonds. The second kappa shape index (κ2) is 6.61. The minimum atomic E-state index is 0.378. The summed E-state index contributed by atoms with van der Waals surface area (Å²) in [6.45, 7) is 2.30. The van der Waals surface area contributed by atoms with Crippen LogP contribution in [0.2, 0.25) is 0 Å². The highest BCUT2D eigenvalue weighted by atomic mass is 79.9. The Kier molecular flexibility index (Phi) is 4.84. The van der Waals surface area contributed by atoms with E-state index in [0.717, 1.165) is 33.1 Å². The van der Waals surface area contributed by atoms with Crippen LogP contribution in [-0.2, 0) is 6.61 Å². The number of rotatable bonds is 5. The molecule has 0 saturated carbocycles. The van der Waals surface area contributed by atoms with Gasteiger partial charge in [-0.25, -0.2) is 0 Å². The van der Waals surface area contributed by atoms with Gasteiger partial charge in [-0.05, 0) is 41.1 Å². The molecule has 5 heteroatoms. The van der Waals surface area contributed by atoms with Crippen LogP contribution < -0.4 is 14.2 Å². The molecule has 0 atom stereocenters. The van der Waals surface area contributed by atoms with E-state index < -0.39 is 0 Å². The van der Waals surface area contributed by atoms with Gasteiger partial charge in [-0.3, -0.25) is 4.98 Å². The average Bonchev–Trinajstić information content (AvgIpc) is 2.45. The van der Waals surface area contributed by atoms with Crippen molar-refractivity contribution in [3.63, 3.8) is 0 Å². The van der Waals surface area contributed by atoms with Crippen LogP contribution in [0.3, 0.4) is 0 Å². The number of nitrogens with zero attached hydrogens (tertiary/aromatic N) is 1. The molecule has 0 unspecified atom stereocenters. The van der Waals surface area contributed by atoms with E-state index in [1.807, 2.05) is 37.3 Å². The lowest BCUT2D eigenvalue weighted by Gasteiger charge is -2.10. The van der Waals surface area contributed by atoms with Gasteiger partial charge in [0.05, 0.1) is 24.4 Å². The molecule has 2 aromatic rings. The van der Waals surface area contributed by atoms with Crippen LogP contribution in [0.1, 0.15) is 11.4 Å². The maximum absolute atomic E-state index is 5.76. The zero-order valence-corrected chi connectivity index (χ0v) is 13.2. The molecule has 0 aliphatic rings. The van der Waals surface area contributed by atoms with Crippen molar-refractivity contribution in [1.82, 2.24) is 4.98 Å². The van der Waals surface area contributed by atoms with E-state index in [1.165, 1.54) is 0 Å². The molecule has 4 nitrogen and oxygen atoms in total. The first-order valence-corrected chi connectivity index (χ1v) is 6.89. The number of methoxy groups -OCH3 is 2. The Labute approximate surface area is 126 Å². The Hall–Kier alpha value is -1.75. The normalized spacial score (nSPS) is 10.2. The molecule has 0 spiro atoms. The zero-order valence-electron chi connectivity index (χ0n) is 11.6. The number of aromatic nitrogens is 1. The molecule has 0 N–H and O–H groups in total. The molecule has 2 rings (SSSR count). The Morgan fingerprint density at radius 3 is 2.45 bits per heavy atom. The van der Waals surface area contributed by atoms with Crippen molar-refractivity contribution in [2.75, 3.05) is 14.2 Å². The number of pyridine rings is 1. The molecule has 1 heterocycles. The fraction of sp³-hybridized carbons (Fsp3) is 0.267. The van der Waals surface area contributed by atoms with Gasteiger partial charge >= 0.3 is 0 Å². The van der Waals surface area contributed by atoms with Gasteiger partial charge in [0.25, 0.3) is 0 Å². The van der Waals surface area contributed by atoms with Crippen molar-refractivity contribution in [3.8, 4) is 17.2 Å². The van der Waals surface area contributed by atoms with Crippen LogP contribution >= 0.6 is 15.9 Å². The van der Waals surface area contributed by atoms with Crippen LogP contribution in [0.15, 0.2) is 34.8 Å². The quantitative estimate of drug-likeness (QED) is 0.833. The topological polar surface area (TPSA) is 40.6 Å². The minimum Gasteiger partial charge on any atom is -0.497 e. The lowest BCUT2D eigenvalue weighted by Crippen LogP contribution is -2.01. The standard InChI is InChI=1S/C15H16BrNO3/c1-10-6-13(19-3)7-11(17-10)9-20-15-5-4-12(18-2)8-14(15)16/h4-8H,9H2,1-3H3. The zero-order chi connectivity index (χ0) is 14.5. The van der Waals surface area contributed by atoms with Gasteiger partial charge in [0.2, 0.25) is 0 Å². The van der Waals surface area contributed by atoms with Crippen LogP contribution in [0, 0.1) is 6.92 Å². The number of hydrogen-bond donors (Lipinski definition) is 0. The molecule has 0 radical (unpaired) electrons. The Balaban J connectivity index is 2.10. The third-order valence-electron chi connectivity index (χ3n) is 2.73. The second-order valence-corrected chi connectivity index (χ2v) is 5.08. The van der Waals surface area contributed by atoms with Gasteiger partial charge in [0.1, 0.15) is 23.9 Å². The summed E-state index contributed by atoms with van der Waals surface area (Å²) in [6.07, 6.45) is 0. The van der Waals surface area contributed by atoms with Crippen molar-refractivity contribution in [1.29, 1.82) is 0 Å². The maximum atomic E-state index is 5.76. The Morgan fingerprint density at radius 2 is 1.80 bits per heavy atom. The smallest absolute Gasteiger partial charge is 0.134 e. The summed E-state index contributed by atoms with van der Waals surface area (Å²) in [4.78, 5) is 4.42. The predicted octanol–water partition coefficient (Wildman–Crippen LogP) is 3.75. The molecule has 106 valence electrons. The van der Waals surface area contributed by atoms with E-state index in [0.29, 0.717) is 6.61 Å². The van der Waals surface area contributed by atoms with Gasteiger partial charge in [-0.2, -0.15) is 0 Å². The average molecular weight is 338 g/mol. The van der Waals surface area contributed by atoms with Crippen molar-refractivity contribution in [3.05, 3.63) is 46.2 Å². The lowest BCUT2D eigenvalue weighted by molar-refractivity contribution is 0.297. The Morgan fingerprint density at radius 1 is 1.05 bits per heavy atom. The van der Waals surface area contributed by atoms with Crippen molar-refractivity contribution in [2.24, 2.45) is 0 Å². The molecular formula is C15H16BrNO3. The predicted molar refractivity (Wildman–Crippen MR) is 80.6 cm³/mol. The van der Waals surface area contributed by atoms with E-state index in [1.54, 1.807) is 14.2 Å². The molecule has 1 aromatic heterocycles. The summed E-state index contributed by atoms with van der Waals surface area (Å²) >= 11 is 3.45. The molecule has 0 fully saturated rings.